The first-order valence-electron chi connectivity index (χ1n) is 7.34. The fourth-order valence-corrected chi connectivity index (χ4v) is 3.60. The molecule has 0 atom stereocenters. The van der Waals surface area contributed by atoms with Crippen molar-refractivity contribution in [2.24, 2.45) is 5.73 Å². The number of hydrogen-bond donors (Lipinski definition) is 2. The number of rotatable bonds is 4. The Balaban J connectivity index is 1.65. The summed E-state index contributed by atoms with van der Waals surface area (Å²) in [5, 5.41) is 10.1. The van der Waals surface area contributed by atoms with Crippen molar-refractivity contribution >= 4 is 17.8 Å². The lowest BCUT2D eigenvalue weighted by molar-refractivity contribution is -0.102. The molecule has 4 nitrogen and oxygen atoms in total. The van der Waals surface area contributed by atoms with E-state index in [4.69, 9.17) is 5.73 Å². The van der Waals surface area contributed by atoms with Gasteiger partial charge in [-0.15, -0.1) is 0 Å². The Morgan fingerprint density at radius 2 is 1.87 bits per heavy atom. The molecule has 2 amide bonds. The summed E-state index contributed by atoms with van der Waals surface area (Å²) >= 11 is 1.57. The van der Waals surface area contributed by atoms with Crippen LogP contribution in [0.2, 0.25) is 0 Å². The maximum atomic E-state index is 12.9. The highest BCUT2D eigenvalue weighted by atomic mass is 32.2. The standard InChI is InChI=1S/C17H17FN2O2S/c18-13-4-6-15(7-5-13)23-16-3-1-2-11(10-16)12-8-14(9-12)20(22)17(19)21/h1-7,10,12,14,22H,8-9H2,(H2,19,21)/t12-,14-. The van der Waals surface area contributed by atoms with Crippen molar-refractivity contribution in [2.45, 2.75) is 34.6 Å². The topological polar surface area (TPSA) is 66.6 Å². The predicted molar refractivity (Wildman–Crippen MR) is 85.9 cm³/mol. The molecule has 0 bridgehead atoms. The third-order valence-electron chi connectivity index (χ3n) is 4.06. The maximum absolute atomic E-state index is 12.9. The van der Waals surface area contributed by atoms with Crippen LogP contribution in [0, 0.1) is 5.82 Å². The first kappa shape index (κ1) is 15.8. The average Bonchev–Trinajstić information content (AvgIpc) is 2.48. The van der Waals surface area contributed by atoms with E-state index < -0.39 is 6.03 Å². The van der Waals surface area contributed by atoms with Gasteiger partial charge in [0.2, 0.25) is 0 Å². The van der Waals surface area contributed by atoms with Crippen LogP contribution in [0.1, 0.15) is 24.3 Å². The summed E-state index contributed by atoms with van der Waals surface area (Å²) in [5.74, 6) is 0.0642. The highest BCUT2D eigenvalue weighted by Gasteiger charge is 2.35. The van der Waals surface area contributed by atoms with E-state index in [2.05, 4.69) is 6.07 Å². The third-order valence-corrected chi connectivity index (χ3v) is 5.06. The number of nitrogens with zero attached hydrogens (tertiary/aromatic N) is 1. The number of carbonyl (C=O) groups excluding carboxylic acids is 1. The van der Waals surface area contributed by atoms with Gasteiger partial charge in [-0.05, 0) is 60.7 Å². The van der Waals surface area contributed by atoms with Crippen LogP contribution in [-0.2, 0) is 0 Å². The van der Waals surface area contributed by atoms with Crippen LogP contribution in [0.5, 0.6) is 0 Å². The molecule has 0 heterocycles. The average molecular weight is 332 g/mol. The minimum absolute atomic E-state index is 0.203. The molecule has 0 aromatic heterocycles. The van der Waals surface area contributed by atoms with Crippen molar-refractivity contribution in [1.29, 1.82) is 0 Å². The minimum Gasteiger partial charge on any atom is -0.350 e. The fraction of sp³-hybridized carbons (Fsp3) is 0.235. The number of hydrogen-bond acceptors (Lipinski definition) is 3. The molecule has 1 fully saturated rings. The minimum atomic E-state index is -0.811. The Morgan fingerprint density at radius 3 is 2.52 bits per heavy atom. The summed E-state index contributed by atoms with van der Waals surface area (Å²) in [4.78, 5) is 13.0. The van der Waals surface area contributed by atoms with E-state index in [1.807, 2.05) is 18.2 Å². The lowest BCUT2D eigenvalue weighted by Crippen LogP contribution is -2.47. The lowest BCUT2D eigenvalue weighted by atomic mass is 9.76. The number of hydroxylamine groups is 2. The molecule has 2 aromatic rings. The van der Waals surface area contributed by atoms with E-state index in [0.29, 0.717) is 23.8 Å². The number of benzene rings is 2. The van der Waals surface area contributed by atoms with Gasteiger partial charge in [0, 0.05) is 9.79 Å². The van der Waals surface area contributed by atoms with Gasteiger partial charge in [-0.1, -0.05) is 23.9 Å². The van der Waals surface area contributed by atoms with Gasteiger partial charge in [0.05, 0.1) is 6.04 Å². The van der Waals surface area contributed by atoms with Crippen molar-refractivity contribution in [2.75, 3.05) is 0 Å². The zero-order chi connectivity index (χ0) is 16.4. The van der Waals surface area contributed by atoms with Crippen molar-refractivity contribution in [3.05, 3.63) is 59.9 Å². The zero-order valence-corrected chi connectivity index (χ0v) is 13.2. The highest BCUT2D eigenvalue weighted by Crippen LogP contribution is 2.40. The van der Waals surface area contributed by atoms with Gasteiger partial charge in [-0.25, -0.2) is 14.2 Å². The number of urea groups is 1. The van der Waals surface area contributed by atoms with Gasteiger partial charge in [-0.3, -0.25) is 5.21 Å². The maximum Gasteiger partial charge on any atom is 0.338 e. The van der Waals surface area contributed by atoms with Gasteiger partial charge in [-0.2, -0.15) is 0 Å². The number of halogens is 1. The number of nitrogens with two attached hydrogens (primary N) is 1. The van der Waals surface area contributed by atoms with Gasteiger partial charge in [0.25, 0.3) is 0 Å². The van der Waals surface area contributed by atoms with Gasteiger partial charge >= 0.3 is 6.03 Å². The molecule has 0 saturated heterocycles. The van der Waals surface area contributed by atoms with Crippen LogP contribution in [-0.4, -0.2) is 22.3 Å². The molecule has 0 spiro atoms. The van der Waals surface area contributed by atoms with Crippen LogP contribution in [0.25, 0.3) is 0 Å². The fourth-order valence-electron chi connectivity index (χ4n) is 2.71. The quantitative estimate of drug-likeness (QED) is 0.657. The Kier molecular flexibility index (Phi) is 4.54. The number of carbonyl (C=O) groups is 1. The van der Waals surface area contributed by atoms with Gasteiger partial charge < -0.3 is 5.73 Å². The van der Waals surface area contributed by atoms with Crippen LogP contribution in [0.3, 0.4) is 0 Å². The molecule has 1 saturated carbocycles. The molecule has 1 aliphatic carbocycles. The summed E-state index contributed by atoms with van der Waals surface area (Å²) in [6, 6.07) is 13.5. The first-order valence-corrected chi connectivity index (χ1v) is 8.15. The predicted octanol–water partition coefficient (Wildman–Crippen LogP) is 3.99. The van der Waals surface area contributed by atoms with Crippen LogP contribution in [0.15, 0.2) is 58.3 Å². The molecule has 1 aliphatic rings. The normalized spacial score (nSPS) is 19.9. The number of amides is 2. The summed E-state index contributed by atoms with van der Waals surface area (Å²) in [6.07, 6.45) is 1.40. The third kappa shape index (κ3) is 3.65. The summed E-state index contributed by atoms with van der Waals surface area (Å²) in [5.41, 5.74) is 6.23. The molecule has 6 heteroatoms. The lowest BCUT2D eigenvalue weighted by Gasteiger charge is -2.39. The van der Waals surface area contributed by atoms with Gasteiger partial charge in [0.15, 0.2) is 0 Å². The summed E-state index contributed by atoms with van der Waals surface area (Å²) in [6.45, 7) is 0. The molecule has 2 aromatic carbocycles. The van der Waals surface area contributed by atoms with E-state index in [-0.39, 0.29) is 11.9 Å². The summed E-state index contributed by atoms with van der Waals surface area (Å²) < 4.78 is 12.9. The molecule has 3 N–H and O–H groups in total. The van der Waals surface area contributed by atoms with E-state index in [0.717, 1.165) is 9.79 Å². The Labute approximate surface area is 138 Å². The van der Waals surface area contributed by atoms with E-state index in [1.54, 1.807) is 23.9 Å². The second-order valence-electron chi connectivity index (χ2n) is 5.63. The molecule has 23 heavy (non-hydrogen) atoms. The zero-order valence-electron chi connectivity index (χ0n) is 12.4. The Bertz CT molecular complexity index is 702. The van der Waals surface area contributed by atoms with Crippen LogP contribution in [0.4, 0.5) is 9.18 Å². The van der Waals surface area contributed by atoms with Crippen molar-refractivity contribution in [3.63, 3.8) is 0 Å². The second kappa shape index (κ2) is 6.60. The second-order valence-corrected chi connectivity index (χ2v) is 6.78. The SMILES string of the molecule is NC(=O)N(O)[C@H]1C[C@H](c2cccc(Sc3ccc(F)cc3)c2)C1. The first-order chi connectivity index (χ1) is 11.0. The smallest absolute Gasteiger partial charge is 0.338 e. The molecular weight excluding hydrogens is 315 g/mol. The van der Waals surface area contributed by atoms with Gasteiger partial charge in [0.1, 0.15) is 5.82 Å². The molecule has 0 radical (unpaired) electrons. The Morgan fingerprint density at radius 1 is 1.17 bits per heavy atom. The van der Waals surface area contributed by atoms with Crippen molar-refractivity contribution in [3.8, 4) is 0 Å². The van der Waals surface area contributed by atoms with E-state index in [1.165, 1.54) is 17.7 Å². The molecule has 120 valence electrons. The van der Waals surface area contributed by atoms with Crippen molar-refractivity contribution in [1.82, 2.24) is 5.06 Å². The van der Waals surface area contributed by atoms with Crippen LogP contribution >= 0.6 is 11.8 Å². The van der Waals surface area contributed by atoms with E-state index >= 15 is 0 Å². The summed E-state index contributed by atoms with van der Waals surface area (Å²) in [7, 11) is 0. The number of primary amides is 1. The van der Waals surface area contributed by atoms with E-state index in [9.17, 15) is 14.4 Å². The molecular formula is C17H17FN2O2S. The Hall–Kier alpha value is -2.05. The molecule has 0 aliphatic heterocycles. The molecule has 0 unspecified atom stereocenters. The highest BCUT2D eigenvalue weighted by molar-refractivity contribution is 7.99. The molecule has 3 rings (SSSR count). The van der Waals surface area contributed by atoms with Crippen LogP contribution < -0.4 is 5.73 Å². The van der Waals surface area contributed by atoms with Crippen molar-refractivity contribution < 1.29 is 14.4 Å². The largest absolute Gasteiger partial charge is 0.350 e. The monoisotopic (exact) mass is 332 g/mol.